The van der Waals surface area contributed by atoms with Gasteiger partial charge in [-0.25, -0.2) is 0 Å². The Balaban J connectivity index is 1.39. The number of aliphatic hydroxyl groups excluding tert-OH is 2. The molecule has 0 aromatic rings. The topological polar surface area (TPSA) is 73.8 Å². The number of hydrogen-bond donors (Lipinski definition) is 4. The summed E-state index contributed by atoms with van der Waals surface area (Å²) in [5.41, 5.74) is 3.24. The lowest BCUT2D eigenvalue weighted by molar-refractivity contribution is 0.0735. The predicted molar refractivity (Wildman–Crippen MR) is 108 cm³/mol. The molecular formula is C23H34N2O3. The van der Waals surface area contributed by atoms with E-state index in [2.05, 4.69) is 22.8 Å². The first-order valence-corrected chi connectivity index (χ1v) is 11.3. The molecule has 5 nitrogen and oxygen atoms in total. The van der Waals surface area contributed by atoms with Crippen molar-refractivity contribution in [1.29, 1.82) is 0 Å². The summed E-state index contributed by atoms with van der Waals surface area (Å²) in [6.07, 6.45) is 14.6. The molecular weight excluding hydrogens is 352 g/mol. The van der Waals surface area contributed by atoms with Gasteiger partial charge in [-0.1, -0.05) is 38.2 Å². The van der Waals surface area contributed by atoms with E-state index in [1.807, 2.05) is 0 Å². The maximum atomic E-state index is 11.4. The van der Waals surface area contributed by atoms with Gasteiger partial charge in [0.05, 0.1) is 17.7 Å². The minimum absolute atomic E-state index is 0.136. The minimum atomic E-state index is -0.479. The van der Waals surface area contributed by atoms with E-state index in [4.69, 9.17) is 4.74 Å². The Morgan fingerprint density at radius 3 is 2.75 bits per heavy atom. The number of aliphatic hydroxyl groups is 2. The fourth-order valence-electron chi connectivity index (χ4n) is 6.16. The molecule has 3 aliphatic carbocycles. The third-order valence-electron chi connectivity index (χ3n) is 7.70. The Kier molecular flexibility index (Phi) is 5.02. The van der Waals surface area contributed by atoms with Gasteiger partial charge in [-0.3, -0.25) is 0 Å². The van der Waals surface area contributed by atoms with Crippen molar-refractivity contribution < 1.29 is 14.9 Å². The summed E-state index contributed by atoms with van der Waals surface area (Å²) in [7, 11) is 0. The lowest BCUT2D eigenvalue weighted by atomic mass is 9.75. The van der Waals surface area contributed by atoms with Crippen molar-refractivity contribution in [3.8, 4) is 0 Å². The fourth-order valence-corrected chi connectivity index (χ4v) is 6.16. The highest BCUT2D eigenvalue weighted by Gasteiger charge is 2.51. The zero-order chi connectivity index (χ0) is 19.1. The molecule has 154 valence electrons. The second-order valence-corrected chi connectivity index (χ2v) is 9.41. The highest BCUT2D eigenvalue weighted by molar-refractivity contribution is 5.49. The van der Waals surface area contributed by atoms with Crippen LogP contribution < -0.4 is 10.6 Å². The van der Waals surface area contributed by atoms with Crippen LogP contribution in [0, 0.1) is 5.92 Å². The molecule has 4 N–H and O–H groups in total. The second-order valence-electron chi connectivity index (χ2n) is 9.41. The molecule has 3 atom stereocenters. The Hall–Kier alpha value is -1.30. The van der Waals surface area contributed by atoms with Crippen LogP contribution in [-0.2, 0) is 4.74 Å². The Morgan fingerprint density at radius 2 is 1.96 bits per heavy atom. The molecule has 0 radical (unpaired) electrons. The van der Waals surface area contributed by atoms with Crippen LogP contribution in [0.15, 0.2) is 34.8 Å². The van der Waals surface area contributed by atoms with Crippen molar-refractivity contribution in [2.75, 3.05) is 13.2 Å². The van der Waals surface area contributed by atoms with E-state index in [0.29, 0.717) is 19.1 Å². The number of nitrogens with one attached hydrogen (secondary N) is 2. The summed E-state index contributed by atoms with van der Waals surface area (Å²) in [6.45, 7) is 1.13. The van der Waals surface area contributed by atoms with Gasteiger partial charge >= 0.3 is 0 Å². The van der Waals surface area contributed by atoms with Gasteiger partial charge in [-0.05, 0) is 43.3 Å². The molecule has 2 saturated carbocycles. The fraction of sp³-hybridized carbons (Fsp3) is 0.739. The standard InChI is InChI=1S/C23H34N2O3/c26-18(15-7-2-3-8-15)14-24-20-19-17(13-16-9-6-12-28-21(16)20)25-23(22(19)27)10-4-1-5-11-23/h6,9,15,18,20,22,24-27H,1-5,7-8,10-14H2. The first-order valence-electron chi connectivity index (χ1n) is 11.3. The summed E-state index contributed by atoms with van der Waals surface area (Å²) in [5, 5.41) is 29.5. The molecule has 2 heterocycles. The summed E-state index contributed by atoms with van der Waals surface area (Å²) in [5.74, 6) is 1.36. The van der Waals surface area contributed by atoms with Gasteiger partial charge in [0.25, 0.3) is 0 Å². The summed E-state index contributed by atoms with van der Waals surface area (Å²) in [4.78, 5) is 0. The van der Waals surface area contributed by atoms with Crippen molar-refractivity contribution >= 4 is 0 Å². The van der Waals surface area contributed by atoms with E-state index in [1.54, 1.807) is 0 Å². The average molecular weight is 387 g/mol. The van der Waals surface area contributed by atoms with Gasteiger partial charge in [0.1, 0.15) is 18.5 Å². The zero-order valence-corrected chi connectivity index (χ0v) is 16.8. The van der Waals surface area contributed by atoms with E-state index < -0.39 is 6.10 Å². The molecule has 0 saturated heterocycles. The smallest absolute Gasteiger partial charge is 0.121 e. The zero-order valence-electron chi connectivity index (χ0n) is 16.8. The predicted octanol–water partition coefficient (Wildman–Crippen LogP) is 2.66. The van der Waals surface area contributed by atoms with Crippen LogP contribution in [-0.4, -0.2) is 47.2 Å². The van der Waals surface area contributed by atoms with Crippen molar-refractivity contribution in [1.82, 2.24) is 10.6 Å². The number of rotatable bonds is 4. The van der Waals surface area contributed by atoms with E-state index in [9.17, 15) is 10.2 Å². The Morgan fingerprint density at radius 1 is 1.18 bits per heavy atom. The van der Waals surface area contributed by atoms with Crippen LogP contribution in [0.2, 0.25) is 0 Å². The molecule has 5 aliphatic rings. The first kappa shape index (κ1) is 18.7. The van der Waals surface area contributed by atoms with Crippen LogP contribution >= 0.6 is 0 Å². The maximum Gasteiger partial charge on any atom is 0.121 e. The monoisotopic (exact) mass is 386 g/mol. The molecule has 0 aromatic carbocycles. The highest BCUT2D eigenvalue weighted by Crippen LogP contribution is 2.46. The number of hydrogen-bond acceptors (Lipinski definition) is 5. The van der Waals surface area contributed by atoms with Gasteiger partial charge in [0.15, 0.2) is 0 Å². The summed E-state index contributed by atoms with van der Waals surface area (Å²) in [6, 6.07) is -0.136. The second kappa shape index (κ2) is 7.51. The van der Waals surface area contributed by atoms with E-state index in [-0.39, 0.29) is 17.7 Å². The van der Waals surface area contributed by atoms with Crippen LogP contribution in [0.5, 0.6) is 0 Å². The molecule has 0 bridgehead atoms. The average Bonchev–Trinajstić information content (AvgIpc) is 3.34. The Labute approximate surface area is 167 Å². The summed E-state index contributed by atoms with van der Waals surface area (Å²) >= 11 is 0. The maximum absolute atomic E-state index is 11.4. The lowest BCUT2D eigenvalue weighted by Crippen LogP contribution is -2.52. The van der Waals surface area contributed by atoms with Crippen molar-refractivity contribution in [3.05, 3.63) is 34.8 Å². The molecule has 5 rings (SSSR count). The van der Waals surface area contributed by atoms with Crippen LogP contribution in [0.1, 0.15) is 64.2 Å². The van der Waals surface area contributed by atoms with Crippen LogP contribution in [0.25, 0.3) is 0 Å². The molecule has 28 heavy (non-hydrogen) atoms. The first-order chi connectivity index (χ1) is 13.7. The van der Waals surface area contributed by atoms with Gasteiger partial charge in [-0.15, -0.1) is 0 Å². The van der Waals surface area contributed by atoms with Gasteiger partial charge in [0, 0.05) is 24.2 Å². The SMILES string of the molecule is OC(CNC1C2=C(C=CCO2)CC2=C1C(O)C1(CCCCC1)N2)C1CCCC1. The van der Waals surface area contributed by atoms with E-state index in [0.717, 1.165) is 43.4 Å². The molecule has 0 amide bonds. The third kappa shape index (κ3) is 3.12. The minimum Gasteiger partial charge on any atom is -0.492 e. The molecule has 3 unspecified atom stereocenters. The third-order valence-corrected chi connectivity index (χ3v) is 7.70. The van der Waals surface area contributed by atoms with Crippen molar-refractivity contribution in [2.24, 2.45) is 5.92 Å². The molecule has 5 heteroatoms. The van der Waals surface area contributed by atoms with Gasteiger partial charge in [-0.2, -0.15) is 0 Å². The highest BCUT2D eigenvalue weighted by atomic mass is 16.5. The van der Waals surface area contributed by atoms with Crippen molar-refractivity contribution in [2.45, 2.75) is 88.0 Å². The van der Waals surface area contributed by atoms with Gasteiger partial charge < -0.3 is 25.6 Å². The lowest BCUT2D eigenvalue weighted by Gasteiger charge is -2.39. The summed E-state index contributed by atoms with van der Waals surface area (Å²) < 4.78 is 6.06. The quantitative estimate of drug-likeness (QED) is 0.598. The largest absolute Gasteiger partial charge is 0.492 e. The molecule has 1 spiro atoms. The molecule has 0 aromatic heterocycles. The number of ether oxygens (including phenoxy) is 1. The van der Waals surface area contributed by atoms with Gasteiger partial charge in [0.2, 0.25) is 0 Å². The normalized spacial score (nSPS) is 32.9. The molecule has 2 fully saturated rings. The van der Waals surface area contributed by atoms with Crippen molar-refractivity contribution in [3.63, 3.8) is 0 Å². The van der Waals surface area contributed by atoms with E-state index in [1.165, 1.54) is 43.4 Å². The number of allylic oxidation sites excluding steroid dienone is 2. The van der Waals surface area contributed by atoms with Crippen LogP contribution in [0.3, 0.4) is 0 Å². The van der Waals surface area contributed by atoms with E-state index >= 15 is 0 Å². The molecule has 2 aliphatic heterocycles. The van der Waals surface area contributed by atoms with Crippen LogP contribution in [0.4, 0.5) is 0 Å². The Bertz CT molecular complexity index is 699.